The second-order valence-corrected chi connectivity index (χ2v) is 12.9. The summed E-state index contributed by atoms with van der Waals surface area (Å²) in [6.07, 6.45) is 9.19. The van der Waals surface area contributed by atoms with Gasteiger partial charge in [0.15, 0.2) is 0 Å². The monoisotopic (exact) mass is 563 g/mol. The normalized spacial score (nSPS) is 19.7. The minimum Gasteiger partial charge on any atom is -0.336 e. The minimum absolute atomic E-state index is 0.00177. The molecular formula is C29H33N5O3S2. The van der Waals surface area contributed by atoms with Crippen molar-refractivity contribution in [3.8, 4) is 10.4 Å². The first kappa shape index (κ1) is 26.2. The van der Waals surface area contributed by atoms with E-state index in [9.17, 15) is 14.4 Å². The molecule has 1 aromatic carbocycles. The van der Waals surface area contributed by atoms with E-state index in [2.05, 4.69) is 20.9 Å². The molecular weight excluding hydrogens is 530 g/mol. The third kappa shape index (κ3) is 6.08. The Morgan fingerprint density at radius 3 is 2.49 bits per heavy atom. The number of rotatable bonds is 8. The molecule has 1 saturated carbocycles. The van der Waals surface area contributed by atoms with Gasteiger partial charge in [-0.2, -0.15) is 0 Å². The Hall–Kier alpha value is -3.08. The van der Waals surface area contributed by atoms with Crippen LogP contribution in [0.3, 0.4) is 0 Å². The van der Waals surface area contributed by atoms with Crippen molar-refractivity contribution in [2.45, 2.75) is 56.9 Å². The molecule has 10 heteroatoms. The van der Waals surface area contributed by atoms with E-state index in [1.807, 2.05) is 41.4 Å². The van der Waals surface area contributed by atoms with Gasteiger partial charge in [0.2, 0.25) is 11.8 Å². The van der Waals surface area contributed by atoms with Crippen LogP contribution in [0.2, 0.25) is 0 Å². The molecule has 1 atom stereocenters. The molecule has 2 aliphatic heterocycles. The van der Waals surface area contributed by atoms with E-state index in [1.54, 1.807) is 17.4 Å². The number of aromatic nitrogens is 1. The van der Waals surface area contributed by atoms with Gasteiger partial charge in [0, 0.05) is 37.3 Å². The van der Waals surface area contributed by atoms with Crippen molar-refractivity contribution in [3.63, 3.8) is 0 Å². The highest BCUT2D eigenvalue weighted by Crippen LogP contribution is 2.36. The van der Waals surface area contributed by atoms with E-state index in [-0.39, 0.29) is 29.7 Å². The van der Waals surface area contributed by atoms with Crippen molar-refractivity contribution in [2.24, 2.45) is 5.92 Å². The van der Waals surface area contributed by atoms with Gasteiger partial charge in [0.1, 0.15) is 0 Å². The zero-order chi connectivity index (χ0) is 26.8. The number of amides is 3. The van der Waals surface area contributed by atoms with E-state index in [0.29, 0.717) is 35.3 Å². The fourth-order valence-corrected chi connectivity index (χ4v) is 7.49. The van der Waals surface area contributed by atoms with E-state index < -0.39 is 0 Å². The maximum Gasteiger partial charge on any atom is 0.264 e. The summed E-state index contributed by atoms with van der Waals surface area (Å²) in [5, 5.41) is 10.9. The third-order valence-corrected chi connectivity index (χ3v) is 10.1. The molecule has 204 valence electrons. The molecule has 39 heavy (non-hydrogen) atoms. The molecule has 3 fully saturated rings. The SMILES string of the molecule is O=C(CC1CCCC1)Nc1ccc(-c2cnc(C3CN(C(=O)c4ccc(NC(=O)[C@@H]5CCCN5)s4)C3)s2)cc1. The molecule has 1 aliphatic carbocycles. The van der Waals surface area contributed by atoms with Crippen LogP contribution >= 0.6 is 22.7 Å². The summed E-state index contributed by atoms with van der Waals surface area (Å²) in [6.45, 7) is 2.15. The van der Waals surface area contributed by atoms with Crippen LogP contribution in [0.1, 0.15) is 65.5 Å². The van der Waals surface area contributed by atoms with Gasteiger partial charge in [-0.05, 0) is 68.0 Å². The summed E-state index contributed by atoms with van der Waals surface area (Å²) in [5.41, 5.74) is 1.90. The van der Waals surface area contributed by atoms with E-state index >= 15 is 0 Å². The Labute approximate surface area is 236 Å². The Bertz CT molecular complexity index is 1330. The molecule has 0 radical (unpaired) electrons. The maximum absolute atomic E-state index is 13.0. The highest BCUT2D eigenvalue weighted by atomic mass is 32.1. The molecule has 8 nitrogen and oxygen atoms in total. The average molecular weight is 564 g/mol. The molecule has 0 bridgehead atoms. The van der Waals surface area contributed by atoms with Crippen LogP contribution in [-0.4, -0.2) is 53.3 Å². The molecule has 6 rings (SSSR count). The van der Waals surface area contributed by atoms with Crippen molar-refractivity contribution in [2.75, 3.05) is 30.3 Å². The number of thiophene rings is 1. The number of hydrogen-bond donors (Lipinski definition) is 3. The Kier molecular flexibility index (Phi) is 7.76. The van der Waals surface area contributed by atoms with E-state index in [4.69, 9.17) is 0 Å². The minimum atomic E-state index is -0.143. The lowest BCUT2D eigenvalue weighted by Crippen LogP contribution is -2.48. The zero-order valence-corrected chi connectivity index (χ0v) is 23.4. The maximum atomic E-state index is 13.0. The first-order valence-electron chi connectivity index (χ1n) is 13.8. The first-order chi connectivity index (χ1) is 19.0. The van der Waals surface area contributed by atoms with Gasteiger partial charge in [-0.3, -0.25) is 14.4 Å². The second kappa shape index (κ2) is 11.6. The van der Waals surface area contributed by atoms with Crippen molar-refractivity contribution in [1.82, 2.24) is 15.2 Å². The Morgan fingerprint density at radius 1 is 0.949 bits per heavy atom. The van der Waals surface area contributed by atoms with Crippen LogP contribution in [0.15, 0.2) is 42.6 Å². The first-order valence-corrected chi connectivity index (χ1v) is 15.4. The van der Waals surface area contributed by atoms with Crippen molar-refractivity contribution >= 4 is 51.1 Å². The number of anilines is 2. The molecule has 3 amide bonds. The lowest BCUT2D eigenvalue weighted by molar-refractivity contribution is -0.118. The van der Waals surface area contributed by atoms with Crippen LogP contribution in [0, 0.1) is 5.92 Å². The number of benzene rings is 1. The summed E-state index contributed by atoms with van der Waals surface area (Å²) in [7, 11) is 0. The predicted octanol–water partition coefficient (Wildman–Crippen LogP) is 5.32. The van der Waals surface area contributed by atoms with Crippen molar-refractivity contribution in [1.29, 1.82) is 0 Å². The number of carbonyl (C=O) groups is 3. The van der Waals surface area contributed by atoms with Crippen LogP contribution in [0.25, 0.3) is 10.4 Å². The number of nitrogens with one attached hydrogen (secondary N) is 3. The van der Waals surface area contributed by atoms with E-state index in [1.165, 1.54) is 37.0 Å². The number of nitrogens with zero attached hydrogens (tertiary/aromatic N) is 2. The molecule has 2 aromatic heterocycles. The van der Waals surface area contributed by atoms with Gasteiger partial charge < -0.3 is 20.9 Å². The highest BCUT2D eigenvalue weighted by Gasteiger charge is 2.35. The van der Waals surface area contributed by atoms with Gasteiger partial charge in [-0.1, -0.05) is 25.0 Å². The summed E-state index contributed by atoms with van der Waals surface area (Å²) in [6, 6.07) is 11.4. The number of hydrogen-bond acceptors (Lipinski definition) is 7. The summed E-state index contributed by atoms with van der Waals surface area (Å²) < 4.78 is 0. The fraction of sp³-hybridized carbons (Fsp3) is 0.448. The van der Waals surface area contributed by atoms with Gasteiger partial charge >= 0.3 is 0 Å². The average Bonchev–Trinajstić information content (AvgIpc) is 3.72. The van der Waals surface area contributed by atoms with Crippen LogP contribution in [0.4, 0.5) is 10.7 Å². The quantitative estimate of drug-likeness (QED) is 0.344. The molecule has 2 saturated heterocycles. The standard InChI is InChI=1S/C29H33N5O3S2/c35-25(14-18-4-1-2-5-18)32-21-9-7-19(8-10-21)24-15-31-28(39-24)20-16-34(17-20)29(37)23-11-12-26(38-23)33-27(36)22-6-3-13-30-22/h7-12,15,18,20,22,30H,1-6,13-14,16-17H2,(H,32,35)(H,33,36)/t22-/m0/s1. The number of carbonyl (C=O) groups excluding carboxylic acids is 3. The summed E-state index contributed by atoms with van der Waals surface area (Å²) >= 11 is 2.98. The van der Waals surface area contributed by atoms with Gasteiger partial charge in [-0.15, -0.1) is 22.7 Å². The third-order valence-electron chi connectivity index (χ3n) is 7.88. The van der Waals surface area contributed by atoms with Crippen LogP contribution in [-0.2, 0) is 9.59 Å². The number of likely N-dealkylation sites (tertiary alicyclic amines) is 1. The van der Waals surface area contributed by atoms with E-state index in [0.717, 1.165) is 40.5 Å². The fourth-order valence-electron chi connectivity index (χ4n) is 5.61. The molecule has 3 aromatic rings. The van der Waals surface area contributed by atoms with Gasteiger partial charge in [0.25, 0.3) is 5.91 Å². The lowest BCUT2D eigenvalue weighted by atomic mass is 10.0. The number of thiazole rings is 1. The van der Waals surface area contributed by atoms with Crippen LogP contribution < -0.4 is 16.0 Å². The topological polar surface area (TPSA) is 103 Å². The predicted molar refractivity (Wildman–Crippen MR) is 155 cm³/mol. The van der Waals surface area contributed by atoms with Crippen molar-refractivity contribution in [3.05, 3.63) is 52.5 Å². The second-order valence-electron chi connectivity index (χ2n) is 10.8. The zero-order valence-electron chi connectivity index (χ0n) is 21.8. The molecule has 3 N–H and O–H groups in total. The van der Waals surface area contributed by atoms with Gasteiger partial charge in [-0.25, -0.2) is 4.98 Å². The molecule has 0 unspecified atom stereocenters. The summed E-state index contributed by atoms with van der Waals surface area (Å²) in [5.74, 6) is 0.832. The molecule has 4 heterocycles. The molecule has 3 aliphatic rings. The smallest absolute Gasteiger partial charge is 0.264 e. The van der Waals surface area contributed by atoms with Crippen LogP contribution in [0.5, 0.6) is 0 Å². The highest BCUT2D eigenvalue weighted by molar-refractivity contribution is 7.18. The summed E-state index contributed by atoms with van der Waals surface area (Å²) in [4.78, 5) is 45.8. The van der Waals surface area contributed by atoms with Crippen molar-refractivity contribution < 1.29 is 14.4 Å². The van der Waals surface area contributed by atoms with Gasteiger partial charge in [0.05, 0.1) is 25.8 Å². The molecule has 0 spiro atoms. The lowest BCUT2D eigenvalue weighted by Gasteiger charge is -2.37. The largest absolute Gasteiger partial charge is 0.336 e. The Balaban J connectivity index is 0.989. The Morgan fingerprint density at radius 2 is 1.74 bits per heavy atom.